The topological polar surface area (TPSA) is 82.5 Å². The van der Waals surface area contributed by atoms with Crippen molar-refractivity contribution in [1.82, 2.24) is 10.3 Å². The van der Waals surface area contributed by atoms with Gasteiger partial charge in [0.05, 0.1) is 5.92 Å². The third-order valence-electron chi connectivity index (χ3n) is 3.18. The zero-order valence-electron chi connectivity index (χ0n) is 11.4. The maximum absolute atomic E-state index is 12.1. The Morgan fingerprint density at radius 1 is 1.40 bits per heavy atom. The van der Waals surface area contributed by atoms with E-state index in [0.717, 1.165) is 0 Å². The van der Waals surface area contributed by atoms with Gasteiger partial charge in [0.2, 0.25) is 0 Å². The first-order valence-corrected chi connectivity index (χ1v) is 6.32. The summed E-state index contributed by atoms with van der Waals surface area (Å²) in [4.78, 5) is 28.9. The molecule has 1 aliphatic carbocycles. The monoisotopic (exact) mass is 275 g/mol. The lowest BCUT2D eigenvalue weighted by molar-refractivity contribution is -0.140. The third-order valence-corrected chi connectivity index (χ3v) is 3.18. The maximum Gasteiger partial charge on any atom is 0.310 e. The van der Waals surface area contributed by atoms with E-state index in [9.17, 15) is 9.59 Å². The van der Waals surface area contributed by atoms with Crippen molar-refractivity contribution in [2.75, 3.05) is 19.0 Å². The number of anilines is 1. The average molecular weight is 275 g/mol. The molecule has 1 aliphatic rings. The van der Waals surface area contributed by atoms with E-state index in [2.05, 4.69) is 10.3 Å². The van der Waals surface area contributed by atoms with Crippen LogP contribution >= 0.6 is 0 Å². The number of aromatic nitrogens is 1. The largest absolute Gasteiger partial charge is 0.481 e. The molecule has 20 heavy (non-hydrogen) atoms. The second kappa shape index (κ2) is 5.73. The van der Waals surface area contributed by atoms with Crippen molar-refractivity contribution in [3.63, 3.8) is 0 Å². The number of nitrogens with zero attached hydrogens (tertiary/aromatic N) is 2. The number of pyridine rings is 1. The van der Waals surface area contributed by atoms with Gasteiger partial charge in [-0.1, -0.05) is 12.2 Å². The predicted molar refractivity (Wildman–Crippen MR) is 74.7 cm³/mol. The van der Waals surface area contributed by atoms with Gasteiger partial charge in [0, 0.05) is 31.9 Å². The van der Waals surface area contributed by atoms with Gasteiger partial charge in [0.25, 0.3) is 5.91 Å². The summed E-state index contributed by atoms with van der Waals surface area (Å²) in [6, 6.07) is 3.10. The Morgan fingerprint density at radius 2 is 2.15 bits per heavy atom. The van der Waals surface area contributed by atoms with Gasteiger partial charge in [0.1, 0.15) is 5.82 Å². The Hall–Kier alpha value is -2.37. The molecule has 0 bridgehead atoms. The molecule has 1 amide bonds. The van der Waals surface area contributed by atoms with E-state index in [-0.39, 0.29) is 11.9 Å². The van der Waals surface area contributed by atoms with Crippen LogP contribution in [0.4, 0.5) is 5.82 Å². The summed E-state index contributed by atoms with van der Waals surface area (Å²) in [6.07, 6.45) is 5.32. The van der Waals surface area contributed by atoms with Crippen molar-refractivity contribution in [2.45, 2.75) is 12.5 Å². The van der Waals surface area contributed by atoms with Crippen LogP contribution in [0.25, 0.3) is 0 Å². The summed E-state index contributed by atoms with van der Waals surface area (Å²) in [6.45, 7) is 0. The summed E-state index contributed by atoms with van der Waals surface area (Å²) in [5.41, 5.74) is 0.510. The van der Waals surface area contributed by atoms with Crippen LogP contribution in [0.5, 0.6) is 0 Å². The highest BCUT2D eigenvalue weighted by Gasteiger charge is 2.25. The van der Waals surface area contributed by atoms with E-state index in [4.69, 9.17) is 5.11 Å². The molecule has 1 aromatic rings. The van der Waals surface area contributed by atoms with E-state index in [1.807, 2.05) is 19.0 Å². The summed E-state index contributed by atoms with van der Waals surface area (Å²) in [5, 5.41) is 11.7. The molecule has 0 radical (unpaired) electrons. The minimum Gasteiger partial charge on any atom is -0.481 e. The quantitative estimate of drug-likeness (QED) is 0.798. The predicted octanol–water partition coefficient (Wildman–Crippen LogP) is 0.907. The van der Waals surface area contributed by atoms with E-state index < -0.39 is 11.9 Å². The van der Waals surface area contributed by atoms with Crippen LogP contribution in [-0.4, -0.2) is 42.1 Å². The van der Waals surface area contributed by atoms with Crippen LogP contribution in [0.15, 0.2) is 30.5 Å². The van der Waals surface area contributed by atoms with Crippen LogP contribution in [0.2, 0.25) is 0 Å². The standard InChI is InChI=1S/C14H17N3O3/c1-17(2)12-8-9(5-6-15-12)13(18)16-11-4-3-10(7-11)14(19)20/h3-6,8,10-11H,7H2,1-2H3,(H,16,18)(H,19,20). The second-order valence-corrected chi connectivity index (χ2v) is 4.94. The average Bonchev–Trinajstić information content (AvgIpc) is 2.87. The van der Waals surface area contributed by atoms with Gasteiger partial charge in [-0.25, -0.2) is 4.98 Å². The van der Waals surface area contributed by atoms with Gasteiger partial charge < -0.3 is 15.3 Å². The molecule has 2 unspecified atom stereocenters. The maximum atomic E-state index is 12.1. The fourth-order valence-corrected chi connectivity index (χ4v) is 2.05. The van der Waals surface area contributed by atoms with Crippen LogP contribution < -0.4 is 10.2 Å². The molecule has 106 valence electrons. The van der Waals surface area contributed by atoms with E-state index in [0.29, 0.717) is 17.8 Å². The number of rotatable bonds is 4. The SMILES string of the molecule is CN(C)c1cc(C(=O)NC2C=CC(C(=O)O)C2)ccn1. The number of hydrogen-bond acceptors (Lipinski definition) is 4. The zero-order chi connectivity index (χ0) is 14.7. The number of carboxylic acids is 1. The number of carboxylic acid groups (broad SMARTS) is 1. The van der Waals surface area contributed by atoms with Crippen molar-refractivity contribution in [1.29, 1.82) is 0 Å². The molecule has 0 aliphatic heterocycles. The Kier molecular flexibility index (Phi) is 4.02. The molecule has 2 atom stereocenters. The van der Waals surface area contributed by atoms with Gasteiger partial charge in [-0.15, -0.1) is 0 Å². The fraction of sp³-hybridized carbons (Fsp3) is 0.357. The lowest BCUT2D eigenvalue weighted by atomic mass is 10.1. The fourth-order valence-electron chi connectivity index (χ4n) is 2.05. The molecule has 0 saturated heterocycles. The number of carbonyl (C=O) groups is 2. The van der Waals surface area contributed by atoms with Gasteiger partial charge in [-0.2, -0.15) is 0 Å². The highest BCUT2D eigenvalue weighted by atomic mass is 16.4. The molecule has 1 aromatic heterocycles. The Labute approximate surface area is 117 Å². The smallest absolute Gasteiger partial charge is 0.310 e. The van der Waals surface area contributed by atoms with Crippen molar-refractivity contribution in [3.05, 3.63) is 36.0 Å². The van der Waals surface area contributed by atoms with Crippen molar-refractivity contribution >= 4 is 17.7 Å². The molecule has 0 spiro atoms. The first-order chi connectivity index (χ1) is 9.47. The second-order valence-electron chi connectivity index (χ2n) is 4.94. The summed E-state index contributed by atoms with van der Waals surface area (Å²) in [5.74, 6) is -0.911. The minimum absolute atomic E-state index is 0.226. The van der Waals surface area contributed by atoms with E-state index in [1.165, 1.54) is 0 Å². The molecule has 0 aromatic carbocycles. The number of nitrogens with one attached hydrogen (secondary N) is 1. The summed E-state index contributed by atoms with van der Waals surface area (Å²) >= 11 is 0. The normalized spacial score (nSPS) is 20.7. The van der Waals surface area contributed by atoms with Gasteiger partial charge in [-0.3, -0.25) is 9.59 Å². The first-order valence-electron chi connectivity index (χ1n) is 6.32. The Morgan fingerprint density at radius 3 is 2.75 bits per heavy atom. The molecular formula is C14H17N3O3. The lowest BCUT2D eigenvalue weighted by Crippen LogP contribution is -2.33. The molecule has 0 fully saturated rings. The highest BCUT2D eigenvalue weighted by Crippen LogP contribution is 2.18. The van der Waals surface area contributed by atoms with Crippen LogP contribution in [-0.2, 0) is 4.79 Å². The first kappa shape index (κ1) is 14.0. The number of amides is 1. The molecule has 6 nitrogen and oxygen atoms in total. The number of hydrogen-bond donors (Lipinski definition) is 2. The molecular weight excluding hydrogens is 258 g/mol. The van der Waals surface area contributed by atoms with Crippen molar-refractivity contribution < 1.29 is 14.7 Å². The van der Waals surface area contributed by atoms with Gasteiger partial charge >= 0.3 is 5.97 Å². The van der Waals surface area contributed by atoms with Gasteiger partial charge in [0.15, 0.2) is 0 Å². The third kappa shape index (κ3) is 3.14. The summed E-state index contributed by atoms with van der Waals surface area (Å²) in [7, 11) is 3.70. The highest BCUT2D eigenvalue weighted by molar-refractivity contribution is 5.95. The molecule has 2 rings (SSSR count). The zero-order valence-corrected chi connectivity index (χ0v) is 11.4. The van der Waals surface area contributed by atoms with Gasteiger partial charge in [-0.05, 0) is 18.6 Å². The molecule has 2 N–H and O–H groups in total. The lowest BCUT2D eigenvalue weighted by Gasteiger charge is -2.14. The molecule has 0 saturated carbocycles. The van der Waals surface area contributed by atoms with Crippen LogP contribution in [0.1, 0.15) is 16.8 Å². The van der Waals surface area contributed by atoms with Crippen molar-refractivity contribution in [2.24, 2.45) is 5.92 Å². The summed E-state index contributed by atoms with van der Waals surface area (Å²) < 4.78 is 0. The van der Waals surface area contributed by atoms with E-state index >= 15 is 0 Å². The van der Waals surface area contributed by atoms with E-state index in [1.54, 1.807) is 30.5 Å². The number of aliphatic carboxylic acids is 1. The minimum atomic E-state index is -0.864. The van der Waals surface area contributed by atoms with Crippen molar-refractivity contribution in [3.8, 4) is 0 Å². The molecule has 6 heteroatoms. The van der Waals surface area contributed by atoms with Crippen LogP contribution in [0.3, 0.4) is 0 Å². The Bertz CT molecular complexity index is 554. The molecule has 1 heterocycles. The van der Waals surface area contributed by atoms with Crippen LogP contribution in [0, 0.1) is 5.92 Å². The number of carbonyl (C=O) groups excluding carboxylic acids is 1. The Balaban J connectivity index is 2.01.